The maximum Gasteiger partial charge on any atom is 0.203 e. The van der Waals surface area contributed by atoms with Crippen molar-refractivity contribution in [2.75, 3.05) is 0 Å². The van der Waals surface area contributed by atoms with Gasteiger partial charge in [0.25, 0.3) is 0 Å². The van der Waals surface area contributed by atoms with Crippen LogP contribution in [-0.2, 0) is 0 Å². The number of phenols is 1. The molecule has 2 rings (SSSR count). The van der Waals surface area contributed by atoms with Gasteiger partial charge in [0.1, 0.15) is 17.6 Å². The van der Waals surface area contributed by atoms with E-state index in [1.807, 2.05) is 0 Å². The molecule has 0 saturated heterocycles. The van der Waals surface area contributed by atoms with Gasteiger partial charge in [0, 0.05) is 0 Å². The summed E-state index contributed by atoms with van der Waals surface area (Å²) in [5.41, 5.74) is -0.140. The maximum atomic E-state index is 11.5. The predicted molar refractivity (Wildman–Crippen MR) is 49.5 cm³/mol. The summed E-state index contributed by atoms with van der Waals surface area (Å²) in [4.78, 5) is 21.9. The van der Waals surface area contributed by atoms with Crippen molar-refractivity contribution in [3.05, 3.63) is 40.2 Å². The van der Waals surface area contributed by atoms with Gasteiger partial charge in [0.2, 0.25) is 5.43 Å². The van der Waals surface area contributed by atoms with Crippen molar-refractivity contribution in [1.82, 2.24) is 0 Å². The molecule has 2 aromatic rings. The molecule has 14 heavy (non-hydrogen) atoms. The molecular weight excluding hydrogens is 184 g/mol. The minimum atomic E-state index is -0.433. The highest BCUT2D eigenvalue weighted by Crippen LogP contribution is 2.16. The zero-order chi connectivity index (χ0) is 10.1. The van der Waals surface area contributed by atoms with E-state index in [0.717, 1.165) is 6.26 Å². The monoisotopic (exact) mass is 190 g/mol. The fourth-order valence-corrected chi connectivity index (χ4v) is 1.22. The first-order valence-electron chi connectivity index (χ1n) is 3.92. The largest absolute Gasteiger partial charge is 0.508 e. The lowest BCUT2D eigenvalue weighted by Crippen LogP contribution is -2.07. The lowest BCUT2D eigenvalue weighted by molar-refractivity contribution is 0.112. The third kappa shape index (κ3) is 1.17. The Hall–Kier alpha value is -2.10. The van der Waals surface area contributed by atoms with Crippen molar-refractivity contribution in [2.24, 2.45) is 0 Å². The molecule has 1 aromatic heterocycles. The average Bonchev–Trinajstić information content (AvgIpc) is 2.20. The van der Waals surface area contributed by atoms with Crippen molar-refractivity contribution in [2.45, 2.75) is 0 Å². The number of benzene rings is 1. The van der Waals surface area contributed by atoms with E-state index in [1.165, 1.54) is 18.2 Å². The van der Waals surface area contributed by atoms with Crippen LogP contribution in [0, 0.1) is 0 Å². The number of aromatic hydroxyl groups is 1. The van der Waals surface area contributed by atoms with Crippen LogP contribution in [0.2, 0.25) is 0 Å². The quantitative estimate of drug-likeness (QED) is 0.688. The first kappa shape index (κ1) is 8.50. The number of aldehydes is 1. The molecule has 70 valence electrons. The van der Waals surface area contributed by atoms with Crippen LogP contribution < -0.4 is 5.43 Å². The Morgan fingerprint density at radius 1 is 1.36 bits per heavy atom. The van der Waals surface area contributed by atoms with Crippen LogP contribution in [-0.4, -0.2) is 11.4 Å². The minimum Gasteiger partial charge on any atom is -0.508 e. The van der Waals surface area contributed by atoms with Crippen LogP contribution in [0.5, 0.6) is 5.75 Å². The van der Waals surface area contributed by atoms with Crippen LogP contribution in [0.1, 0.15) is 10.4 Å². The lowest BCUT2D eigenvalue weighted by atomic mass is 10.2. The van der Waals surface area contributed by atoms with E-state index in [0.29, 0.717) is 11.9 Å². The molecule has 0 spiro atoms. The van der Waals surface area contributed by atoms with E-state index in [9.17, 15) is 9.59 Å². The zero-order valence-corrected chi connectivity index (χ0v) is 7.06. The second kappa shape index (κ2) is 2.99. The Morgan fingerprint density at radius 2 is 2.14 bits per heavy atom. The van der Waals surface area contributed by atoms with Gasteiger partial charge in [-0.15, -0.1) is 0 Å². The molecule has 4 nitrogen and oxygen atoms in total. The van der Waals surface area contributed by atoms with Gasteiger partial charge in [-0.1, -0.05) is 0 Å². The van der Waals surface area contributed by atoms with Crippen LogP contribution in [0.3, 0.4) is 0 Å². The molecule has 0 fully saturated rings. The van der Waals surface area contributed by atoms with Gasteiger partial charge < -0.3 is 9.52 Å². The van der Waals surface area contributed by atoms with Crippen LogP contribution in [0.25, 0.3) is 11.0 Å². The van der Waals surface area contributed by atoms with Crippen LogP contribution in [0.15, 0.2) is 33.7 Å². The predicted octanol–water partition coefficient (Wildman–Crippen LogP) is 1.31. The van der Waals surface area contributed by atoms with Crippen LogP contribution in [0.4, 0.5) is 0 Å². The van der Waals surface area contributed by atoms with Crippen molar-refractivity contribution in [3.8, 4) is 5.75 Å². The van der Waals surface area contributed by atoms with E-state index in [1.54, 1.807) is 0 Å². The number of fused-ring (bicyclic) bond motifs is 1. The van der Waals surface area contributed by atoms with Crippen molar-refractivity contribution in [3.63, 3.8) is 0 Å². The Balaban J connectivity index is 2.93. The molecule has 1 aromatic carbocycles. The maximum absolute atomic E-state index is 11.5. The molecular formula is C10H6O4. The van der Waals surface area contributed by atoms with Gasteiger partial charge in [-0.25, -0.2) is 0 Å². The normalized spacial score (nSPS) is 10.3. The van der Waals surface area contributed by atoms with E-state index >= 15 is 0 Å². The third-order valence-electron chi connectivity index (χ3n) is 1.91. The lowest BCUT2D eigenvalue weighted by Gasteiger charge is -1.97. The van der Waals surface area contributed by atoms with E-state index in [2.05, 4.69) is 0 Å². The summed E-state index contributed by atoms with van der Waals surface area (Å²) in [6.07, 6.45) is 1.53. The highest BCUT2D eigenvalue weighted by Gasteiger charge is 2.06. The second-order valence-corrected chi connectivity index (χ2v) is 2.82. The summed E-state index contributed by atoms with van der Waals surface area (Å²) in [5, 5.41) is 9.35. The van der Waals surface area contributed by atoms with Gasteiger partial charge in [-0.05, 0) is 18.2 Å². The second-order valence-electron chi connectivity index (χ2n) is 2.82. The Labute approximate surface area is 78.4 Å². The molecule has 0 saturated carbocycles. The molecule has 0 bridgehead atoms. The molecule has 0 atom stereocenters. The topological polar surface area (TPSA) is 67.5 Å². The summed E-state index contributed by atoms with van der Waals surface area (Å²) >= 11 is 0. The summed E-state index contributed by atoms with van der Waals surface area (Å²) in [7, 11) is 0. The van der Waals surface area contributed by atoms with Gasteiger partial charge in [0.15, 0.2) is 6.29 Å². The van der Waals surface area contributed by atoms with Crippen molar-refractivity contribution in [1.29, 1.82) is 0 Å². The first-order valence-corrected chi connectivity index (χ1v) is 3.92. The fraction of sp³-hybridized carbons (Fsp3) is 0. The Bertz CT molecular complexity index is 554. The molecule has 4 heteroatoms. The van der Waals surface area contributed by atoms with Gasteiger partial charge >= 0.3 is 0 Å². The smallest absolute Gasteiger partial charge is 0.203 e. The van der Waals surface area contributed by atoms with Crippen LogP contribution >= 0.6 is 0 Å². The summed E-state index contributed by atoms with van der Waals surface area (Å²) < 4.78 is 5.03. The van der Waals surface area contributed by atoms with Gasteiger partial charge in [-0.3, -0.25) is 9.59 Å². The molecule has 0 aliphatic carbocycles. The molecule has 0 amide bonds. The van der Waals surface area contributed by atoms with Gasteiger partial charge in [-0.2, -0.15) is 0 Å². The zero-order valence-electron chi connectivity index (χ0n) is 7.06. The number of phenolic OH excluding ortho intramolecular Hbond substituents is 1. The average molecular weight is 190 g/mol. The number of hydrogen-bond donors (Lipinski definition) is 1. The fourth-order valence-electron chi connectivity index (χ4n) is 1.22. The summed E-state index contributed by atoms with van der Waals surface area (Å²) in [6.45, 7) is 0. The molecule has 0 aliphatic heterocycles. The van der Waals surface area contributed by atoms with E-state index in [-0.39, 0.29) is 16.7 Å². The first-order chi connectivity index (χ1) is 6.72. The molecule has 0 unspecified atom stereocenters. The summed E-state index contributed by atoms with van der Waals surface area (Å²) in [5.74, 6) is -0.0344. The summed E-state index contributed by atoms with van der Waals surface area (Å²) in [6, 6.07) is 4.15. The van der Waals surface area contributed by atoms with Crippen molar-refractivity contribution >= 4 is 17.3 Å². The molecule has 0 aliphatic rings. The Kier molecular flexibility index (Phi) is 1.81. The molecule has 0 radical (unpaired) electrons. The minimum absolute atomic E-state index is 0.0344. The SMILES string of the molecule is O=Cc1coc2ccc(O)cc2c1=O. The standard InChI is InChI=1S/C10H6O4/c11-4-6-5-14-9-2-1-7(12)3-8(9)10(6)13/h1-5,12H. The van der Waals surface area contributed by atoms with E-state index < -0.39 is 5.43 Å². The number of carbonyl (C=O) groups is 1. The molecule has 1 heterocycles. The van der Waals surface area contributed by atoms with E-state index in [4.69, 9.17) is 9.52 Å². The Morgan fingerprint density at radius 3 is 2.86 bits per heavy atom. The number of carbonyl (C=O) groups excluding carboxylic acids is 1. The number of hydrogen-bond acceptors (Lipinski definition) is 4. The highest BCUT2D eigenvalue weighted by atomic mass is 16.3. The highest BCUT2D eigenvalue weighted by molar-refractivity contribution is 5.84. The molecule has 1 N–H and O–H groups in total. The third-order valence-corrected chi connectivity index (χ3v) is 1.91. The van der Waals surface area contributed by atoms with Crippen molar-refractivity contribution < 1.29 is 14.3 Å². The number of rotatable bonds is 1. The van der Waals surface area contributed by atoms with Gasteiger partial charge in [0.05, 0.1) is 10.9 Å².